The molecule has 0 N–H and O–H groups in total. The molecule has 0 radical (unpaired) electrons. The molecule has 1 aliphatic rings. The van der Waals surface area contributed by atoms with E-state index in [4.69, 9.17) is 0 Å². The zero-order valence-electron chi connectivity index (χ0n) is 2.23. The summed E-state index contributed by atoms with van der Waals surface area (Å²) in [7, 11) is 3.91. The van der Waals surface area contributed by atoms with Gasteiger partial charge in [0, 0.05) is 11.5 Å². The Kier molecular flexibility index (Phi) is 0.889. The van der Waals surface area contributed by atoms with Gasteiger partial charge in [-0.25, -0.2) is 0 Å². The van der Waals surface area contributed by atoms with Gasteiger partial charge in [0.15, 0.2) is 0 Å². The van der Waals surface area contributed by atoms with Gasteiger partial charge in [-0.2, -0.15) is 0 Å². The average molecular weight is 92.2 g/mol. The molecule has 0 nitrogen and oxygen atoms in total. The third kappa shape index (κ3) is 0.353. The first-order chi connectivity index (χ1) is 2.00. The Hall–Kier alpha value is 0.700. The van der Waals surface area contributed by atoms with Crippen molar-refractivity contribution in [2.45, 2.75) is 0 Å². The minimum absolute atomic E-state index is 1.38. The topological polar surface area (TPSA) is 0 Å². The molecule has 1 rings (SSSR count). The van der Waals surface area contributed by atoms with Crippen molar-refractivity contribution in [3.63, 3.8) is 0 Å². The van der Waals surface area contributed by atoms with Crippen molar-refractivity contribution in [2.75, 3.05) is 11.5 Å². The quantitative estimate of drug-likeness (QED) is 0.414. The molecule has 1 saturated heterocycles. The van der Waals surface area contributed by atoms with Crippen molar-refractivity contribution in [2.24, 2.45) is 0 Å². The number of hydrogen-bond acceptors (Lipinski definition) is 2. The molecule has 4 heavy (non-hydrogen) atoms. The summed E-state index contributed by atoms with van der Waals surface area (Å²) in [5, 5.41) is 0. The van der Waals surface area contributed by atoms with Gasteiger partial charge in [-0.1, -0.05) is 21.6 Å². The van der Waals surface area contributed by atoms with E-state index in [1.807, 2.05) is 21.6 Å². The number of hydrogen-bond donors (Lipinski definition) is 0. The van der Waals surface area contributed by atoms with Gasteiger partial charge in [0.05, 0.1) is 0 Å². The highest BCUT2D eigenvalue weighted by molar-refractivity contribution is 8.79. The summed E-state index contributed by atoms with van der Waals surface area (Å²) in [5.41, 5.74) is 0. The van der Waals surface area contributed by atoms with Crippen molar-refractivity contribution < 1.29 is 0 Å². The molecule has 1 heterocycles. The Morgan fingerprint density at radius 2 is 1.25 bits per heavy atom. The highest BCUT2D eigenvalue weighted by atomic mass is 33.1. The average Bonchev–Trinajstić information content (AvgIpc) is 0.722. The van der Waals surface area contributed by atoms with E-state index in [1.54, 1.807) is 0 Å². The second-order valence-corrected chi connectivity index (χ2v) is 3.35. The molecule has 0 saturated carbocycles. The maximum absolute atomic E-state index is 1.95. The largest absolute Gasteiger partial charge is 0.0932 e. The van der Waals surface area contributed by atoms with Gasteiger partial charge in [-0.3, -0.25) is 0 Å². The van der Waals surface area contributed by atoms with Crippen LogP contribution in [-0.2, 0) is 0 Å². The first-order valence-corrected chi connectivity index (χ1v) is 3.73. The Bertz CT molecular complexity index is 12.0. The molecule has 0 amide bonds. The highest BCUT2D eigenvalue weighted by Crippen LogP contribution is 2.31. The SMILES string of the molecule is C1CSS1. The van der Waals surface area contributed by atoms with E-state index in [1.165, 1.54) is 11.5 Å². The van der Waals surface area contributed by atoms with Gasteiger partial charge in [-0.15, -0.1) is 0 Å². The first-order valence-electron chi connectivity index (χ1n) is 1.24. The summed E-state index contributed by atoms with van der Waals surface area (Å²) >= 11 is 0. The first kappa shape index (κ1) is 2.91. The maximum Gasteiger partial charge on any atom is 0.0136 e. The molecule has 0 aliphatic carbocycles. The van der Waals surface area contributed by atoms with Crippen LogP contribution in [0.2, 0.25) is 0 Å². The van der Waals surface area contributed by atoms with E-state index in [0.29, 0.717) is 0 Å². The minimum Gasteiger partial charge on any atom is -0.0932 e. The van der Waals surface area contributed by atoms with Crippen molar-refractivity contribution in [3.05, 3.63) is 0 Å². The van der Waals surface area contributed by atoms with Crippen LogP contribution in [-0.4, -0.2) is 11.5 Å². The Morgan fingerprint density at radius 1 is 1.00 bits per heavy atom. The summed E-state index contributed by atoms with van der Waals surface area (Å²) in [4.78, 5) is 0. The molecule has 0 atom stereocenters. The van der Waals surface area contributed by atoms with Crippen LogP contribution in [0.3, 0.4) is 0 Å². The molecular weight excluding hydrogens is 88.2 g/mol. The smallest absolute Gasteiger partial charge is 0.0136 e. The van der Waals surface area contributed by atoms with Gasteiger partial charge < -0.3 is 0 Å². The summed E-state index contributed by atoms with van der Waals surface area (Å²) in [6, 6.07) is 0. The molecule has 24 valence electrons. The van der Waals surface area contributed by atoms with E-state index < -0.39 is 0 Å². The highest BCUT2D eigenvalue weighted by Gasteiger charge is 1.96. The minimum atomic E-state index is 1.38. The van der Waals surface area contributed by atoms with E-state index in [0.717, 1.165) is 0 Å². The van der Waals surface area contributed by atoms with E-state index in [9.17, 15) is 0 Å². The Balaban J connectivity index is 2.00. The normalized spacial score (nSPS) is 24.0. The van der Waals surface area contributed by atoms with Crippen LogP contribution in [0, 0.1) is 0 Å². The van der Waals surface area contributed by atoms with Crippen LogP contribution in [0.15, 0.2) is 0 Å². The Morgan fingerprint density at radius 3 is 1.25 bits per heavy atom. The van der Waals surface area contributed by atoms with Crippen LogP contribution in [0.4, 0.5) is 0 Å². The lowest BCUT2D eigenvalue weighted by Gasteiger charge is -2.04. The second kappa shape index (κ2) is 1.22. The Labute approximate surface area is 33.7 Å². The summed E-state index contributed by atoms with van der Waals surface area (Å²) in [5.74, 6) is 2.76. The molecule has 0 unspecified atom stereocenters. The van der Waals surface area contributed by atoms with Gasteiger partial charge in [0.25, 0.3) is 0 Å². The predicted molar refractivity (Wildman–Crippen MR) is 24.9 cm³/mol. The fourth-order valence-electron chi connectivity index (χ4n) is 0.0833. The third-order valence-corrected chi connectivity index (χ3v) is 3.00. The van der Waals surface area contributed by atoms with Crippen LogP contribution in [0.25, 0.3) is 0 Å². The lowest BCUT2D eigenvalue weighted by Crippen LogP contribution is -1.86. The molecule has 2 heteroatoms. The molecule has 0 aromatic heterocycles. The standard InChI is InChI=1S/C2H4S2/c1-2-4-3-1/h1-2H2. The van der Waals surface area contributed by atoms with Gasteiger partial charge in [0.1, 0.15) is 0 Å². The monoisotopic (exact) mass is 92.0 g/mol. The molecule has 0 spiro atoms. The molecular formula is C2H4S2. The number of rotatable bonds is 0. The fourth-order valence-corrected chi connectivity index (χ4v) is 0.750. The second-order valence-electron chi connectivity index (χ2n) is 0.644. The summed E-state index contributed by atoms with van der Waals surface area (Å²) in [6.07, 6.45) is 0. The van der Waals surface area contributed by atoms with Crippen LogP contribution < -0.4 is 0 Å². The third-order valence-electron chi connectivity index (χ3n) is 0.333. The van der Waals surface area contributed by atoms with Crippen LogP contribution in [0.5, 0.6) is 0 Å². The summed E-state index contributed by atoms with van der Waals surface area (Å²) < 4.78 is 0. The lowest BCUT2D eigenvalue weighted by atomic mass is 11.0. The van der Waals surface area contributed by atoms with E-state index in [2.05, 4.69) is 0 Å². The van der Waals surface area contributed by atoms with Crippen molar-refractivity contribution >= 4 is 21.6 Å². The maximum atomic E-state index is 1.95. The van der Waals surface area contributed by atoms with Crippen LogP contribution in [0.1, 0.15) is 0 Å². The molecule has 0 aromatic carbocycles. The zero-order valence-corrected chi connectivity index (χ0v) is 3.86. The van der Waals surface area contributed by atoms with Crippen molar-refractivity contribution in [3.8, 4) is 0 Å². The zero-order chi connectivity index (χ0) is 2.83. The lowest BCUT2D eigenvalue weighted by molar-refractivity contribution is 1.55. The molecule has 1 aliphatic heterocycles. The van der Waals surface area contributed by atoms with Gasteiger partial charge in [0.2, 0.25) is 0 Å². The van der Waals surface area contributed by atoms with Gasteiger partial charge >= 0.3 is 0 Å². The fraction of sp³-hybridized carbons (Fsp3) is 1.00. The van der Waals surface area contributed by atoms with Crippen molar-refractivity contribution in [1.82, 2.24) is 0 Å². The van der Waals surface area contributed by atoms with Gasteiger partial charge in [-0.05, 0) is 0 Å². The van der Waals surface area contributed by atoms with Crippen LogP contribution >= 0.6 is 21.6 Å². The van der Waals surface area contributed by atoms with Crippen molar-refractivity contribution in [1.29, 1.82) is 0 Å². The molecule has 1 fully saturated rings. The summed E-state index contributed by atoms with van der Waals surface area (Å²) in [6.45, 7) is 0. The van der Waals surface area contributed by atoms with E-state index in [-0.39, 0.29) is 0 Å². The predicted octanol–water partition coefficient (Wildman–Crippen LogP) is 1.38. The van der Waals surface area contributed by atoms with E-state index >= 15 is 0 Å². The molecule has 0 bridgehead atoms. The molecule has 0 aromatic rings.